The van der Waals surface area contributed by atoms with Gasteiger partial charge in [0.1, 0.15) is 5.75 Å². The number of hydrogen-bond donors (Lipinski definition) is 1. The van der Waals surface area contributed by atoms with Crippen LogP contribution in [0, 0.1) is 5.92 Å². The largest absolute Gasteiger partial charge is 0.493 e. The van der Waals surface area contributed by atoms with Gasteiger partial charge in [-0.05, 0) is 24.2 Å². The number of ether oxygens (including phenoxy) is 1. The summed E-state index contributed by atoms with van der Waals surface area (Å²) in [7, 11) is 1.95. The van der Waals surface area contributed by atoms with Crippen LogP contribution in [0.15, 0.2) is 18.2 Å². The summed E-state index contributed by atoms with van der Waals surface area (Å²) in [5, 5.41) is 8.88. The van der Waals surface area contributed by atoms with Crippen molar-refractivity contribution >= 4 is 5.97 Å². The molecule has 0 radical (unpaired) electrons. The molecule has 1 atom stereocenters. The van der Waals surface area contributed by atoms with Crippen LogP contribution in [0.4, 0.5) is 0 Å². The summed E-state index contributed by atoms with van der Waals surface area (Å²) in [6.45, 7) is 3.83. The molecule has 0 fully saturated rings. The van der Waals surface area contributed by atoms with Crippen molar-refractivity contribution in [1.82, 2.24) is 4.90 Å². The van der Waals surface area contributed by atoms with E-state index in [0.29, 0.717) is 6.54 Å². The molecule has 1 heterocycles. The number of carboxylic acids is 1. The number of hydrogen-bond acceptors (Lipinski definition) is 3. The highest BCUT2D eigenvalue weighted by atomic mass is 16.5. The monoisotopic (exact) mass is 249 g/mol. The van der Waals surface area contributed by atoms with Crippen LogP contribution in [0.1, 0.15) is 18.1 Å². The Morgan fingerprint density at radius 3 is 3.06 bits per heavy atom. The van der Waals surface area contributed by atoms with Crippen LogP contribution in [-0.2, 0) is 17.8 Å². The smallest absolute Gasteiger partial charge is 0.307 e. The first-order chi connectivity index (χ1) is 8.56. The second kappa shape index (κ2) is 5.40. The maximum Gasteiger partial charge on any atom is 0.307 e. The summed E-state index contributed by atoms with van der Waals surface area (Å²) >= 11 is 0. The number of carbonyl (C=O) groups is 1. The lowest BCUT2D eigenvalue weighted by Gasteiger charge is -2.19. The third-order valence-electron chi connectivity index (χ3n) is 3.21. The number of aliphatic carboxylic acids is 1. The van der Waals surface area contributed by atoms with Gasteiger partial charge in [0, 0.05) is 19.5 Å². The quantitative estimate of drug-likeness (QED) is 0.864. The number of carboxylic acid groups (broad SMARTS) is 1. The molecule has 1 aliphatic rings. The van der Waals surface area contributed by atoms with Gasteiger partial charge in [-0.2, -0.15) is 0 Å². The Hall–Kier alpha value is -1.55. The van der Waals surface area contributed by atoms with E-state index in [1.165, 1.54) is 11.1 Å². The molecule has 4 nitrogen and oxygen atoms in total. The molecule has 1 N–H and O–H groups in total. The van der Waals surface area contributed by atoms with Gasteiger partial charge in [0.2, 0.25) is 0 Å². The van der Waals surface area contributed by atoms with E-state index in [9.17, 15) is 4.79 Å². The van der Waals surface area contributed by atoms with Crippen LogP contribution < -0.4 is 4.74 Å². The van der Waals surface area contributed by atoms with E-state index < -0.39 is 5.97 Å². The van der Waals surface area contributed by atoms with Gasteiger partial charge in [-0.15, -0.1) is 0 Å². The predicted molar refractivity (Wildman–Crippen MR) is 68.8 cm³/mol. The van der Waals surface area contributed by atoms with Crippen LogP contribution >= 0.6 is 0 Å². The fraction of sp³-hybridized carbons (Fsp3) is 0.500. The molecule has 2 rings (SSSR count). The zero-order valence-corrected chi connectivity index (χ0v) is 10.8. The maximum atomic E-state index is 10.8. The fourth-order valence-corrected chi connectivity index (χ4v) is 2.26. The van der Waals surface area contributed by atoms with Gasteiger partial charge >= 0.3 is 5.97 Å². The molecule has 0 aromatic heterocycles. The van der Waals surface area contributed by atoms with E-state index in [-0.39, 0.29) is 5.92 Å². The van der Waals surface area contributed by atoms with Crippen LogP contribution in [0.25, 0.3) is 0 Å². The van der Waals surface area contributed by atoms with Crippen LogP contribution in [0.2, 0.25) is 0 Å². The Balaban J connectivity index is 1.95. The Labute approximate surface area is 107 Å². The Kier molecular flexibility index (Phi) is 3.87. The Bertz CT molecular complexity index is 445. The molecule has 4 heteroatoms. The lowest BCUT2D eigenvalue weighted by Crippen LogP contribution is -2.28. The van der Waals surface area contributed by atoms with Gasteiger partial charge in [-0.25, -0.2) is 0 Å². The average molecular weight is 249 g/mol. The molecule has 1 aromatic carbocycles. The summed E-state index contributed by atoms with van der Waals surface area (Å²) < 4.78 is 5.46. The first kappa shape index (κ1) is 12.9. The van der Waals surface area contributed by atoms with Crippen molar-refractivity contribution in [1.29, 1.82) is 0 Å². The molecule has 0 saturated carbocycles. The fourth-order valence-electron chi connectivity index (χ4n) is 2.26. The van der Waals surface area contributed by atoms with Crippen molar-refractivity contribution in [3.05, 3.63) is 29.3 Å². The maximum absolute atomic E-state index is 10.8. The predicted octanol–water partition coefficient (Wildman–Crippen LogP) is 1.77. The highest BCUT2D eigenvalue weighted by Crippen LogP contribution is 2.26. The van der Waals surface area contributed by atoms with Crippen molar-refractivity contribution in [2.45, 2.75) is 19.9 Å². The second-order valence-corrected chi connectivity index (χ2v) is 4.98. The van der Waals surface area contributed by atoms with Gasteiger partial charge in [-0.3, -0.25) is 4.79 Å². The second-order valence-electron chi connectivity index (χ2n) is 4.98. The van der Waals surface area contributed by atoms with E-state index in [0.717, 1.165) is 25.3 Å². The molecule has 0 spiro atoms. The normalized spacial score (nSPS) is 15.3. The minimum Gasteiger partial charge on any atom is -0.493 e. The van der Waals surface area contributed by atoms with E-state index in [2.05, 4.69) is 6.07 Å². The molecule has 18 heavy (non-hydrogen) atoms. The summed E-state index contributed by atoms with van der Waals surface area (Å²) in [5.41, 5.74) is 2.46. The molecule has 0 saturated heterocycles. The standard InChI is InChI=1S/C14H19NO3/c1-10(14(16)17)8-15(2)9-11-3-4-13-12(7-11)5-6-18-13/h3-4,7,10H,5-6,8-9H2,1-2H3,(H,16,17). The van der Waals surface area contributed by atoms with Crippen molar-refractivity contribution in [3.8, 4) is 5.75 Å². The topological polar surface area (TPSA) is 49.8 Å². The molecule has 0 aliphatic carbocycles. The molecule has 1 unspecified atom stereocenters. The zero-order valence-electron chi connectivity index (χ0n) is 10.8. The van der Waals surface area contributed by atoms with E-state index in [1.807, 2.05) is 24.1 Å². The van der Waals surface area contributed by atoms with E-state index in [1.54, 1.807) is 6.92 Å². The van der Waals surface area contributed by atoms with Gasteiger partial charge in [-0.1, -0.05) is 19.1 Å². The molecule has 1 aliphatic heterocycles. The first-order valence-electron chi connectivity index (χ1n) is 6.22. The minimum absolute atomic E-state index is 0.340. The zero-order chi connectivity index (χ0) is 13.1. The number of rotatable bonds is 5. The highest BCUT2D eigenvalue weighted by Gasteiger charge is 2.15. The molecule has 0 bridgehead atoms. The molecular formula is C14H19NO3. The number of benzene rings is 1. The number of fused-ring (bicyclic) bond motifs is 1. The summed E-state index contributed by atoms with van der Waals surface area (Å²) in [6, 6.07) is 6.21. The van der Waals surface area contributed by atoms with Gasteiger partial charge in [0.05, 0.1) is 12.5 Å². The Morgan fingerprint density at radius 1 is 1.56 bits per heavy atom. The Morgan fingerprint density at radius 2 is 2.33 bits per heavy atom. The molecular weight excluding hydrogens is 230 g/mol. The summed E-state index contributed by atoms with van der Waals surface area (Å²) in [5.74, 6) is -0.0997. The van der Waals surface area contributed by atoms with E-state index >= 15 is 0 Å². The molecule has 0 amide bonds. The SMILES string of the molecule is CC(CN(C)Cc1ccc2c(c1)CCO2)C(=O)O. The van der Waals surface area contributed by atoms with Crippen LogP contribution in [0.5, 0.6) is 5.75 Å². The minimum atomic E-state index is -0.746. The van der Waals surface area contributed by atoms with Crippen molar-refractivity contribution in [2.24, 2.45) is 5.92 Å². The molecule has 1 aromatic rings. The van der Waals surface area contributed by atoms with Crippen molar-refractivity contribution in [3.63, 3.8) is 0 Å². The van der Waals surface area contributed by atoms with Crippen LogP contribution in [-0.4, -0.2) is 36.2 Å². The van der Waals surface area contributed by atoms with Crippen molar-refractivity contribution in [2.75, 3.05) is 20.2 Å². The van der Waals surface area contributed by atoms with Gasteiger partial charge in [0.15, 0.2) is 0 Å². The van der Waals surface area contributed by atoms with Gasteiger partial charge < -0.3 is 14.7 Å². The summed E-state index contributed by atoms with van der Waals surface area (Å²) in [4.78, 5) is 12.8. The third kappa shape index (κ3) is 3.01. The van der Waals surface area contributed by atoms with Gasteiger partial charge in [0.25, 0.3) is 0 Å². The highest BCUT2D eigenvalue weighted by molar-refractivity contribution is 5.69. The summed E-state index contributed by atoms with van der Waals surface area (Å²) in [6.07, 6.45) is 0.971. The number of nitrogens with zero attached hydrogens (tertiary/aromatic N) is 1. The van der Waals surface area contributed by atoms with Crippen molar-refractivity contribution < 1.29 is 14.6 Å². The van der Waals surface area contributed by atoms with Crippen LogP contribution in [0.3, 0.4) is 0 Å². The van der Waals surface area contributed by atoms with E-state index in [4.69, 9.17) is 9.84 Å². The average Bonchev–Trinajstić information content (AvgIpc) is 2.75. The molecule has 98 valence electrons. The first-order valence-corrected chi connectivity index (χ1v) is 6.22. The lowest BCUT2D eigenvalue weighted by atomic mass is 10.1. The third-order valence-corrected chi connectivity index (χ3v) is 3.21. The lowest BCUT2D eigenvalue weighted by molar-refractivity contribution is -0.141.